The van der Waals surface area contributed by atoms with Crippen molar-refractivity contribution in [3.63, 3.8) is 0 Å². The lowest BCUT2D eigenvalue weighted by Crippen LogP contribution is -2.29. The van der Waals surface area contributed by atoms with Crippen molar-refractivity contribution in [2.45, 2.75) is 32.0 Å². The van der Waals surface area contributed by atoms with Gasteiger partial charge >= 0.3 is 0 Å². The van der Waals surface area contributed by atoms with Crippen LogP contribution < -0.4 is 4.74 Å². The number of fused-ring (bicyclic) bond motifs is 1. The van der Waals surface area contributed by atoms with Gasteiger partial charge in [-0.2, -0.15) is 0 Å². The molecule has 0 aromatic heterocycles. The van der Waals surface area contributed by atoms with E-state index in [9.17, 15) is 14.7 Å². The summed E-state index contributed by atoms with van der Waals surface area (Å²) in [5, 5.41) is 11.8. The van der Waals surface area contributed by atoms with Gasteiger partial charge in [0.05, 0.1) is 11.6 Å². The summed E-state index contributed by atoms with van der Waals surface area (Å²) in [6, 6.07) is 21.1. The average molecular weight is 460 g/mol. The van der Waals surface area contributed by atoms with Crippen LogP contribution in [0.5, 0.6) is 5.75 Å². The van der Waals surface area contributed by atoms with Crippen molar-refractivity contribution in [3.05, 3.63) is 106 Å². The van der Waals surface area contributed by atoms with Crippen molar-refractivity contribution in [2.24, 2.45) is 0 Å². The van der Waals surface area contributed by atoms with Gasteiger partial charge in [-0.15, -0.1) is 0 Å². The third-order valence-corrected chi connectivity index (χ3v) is 6.34. The Morgan fingerprint density at radius 2 is 1.79 bits per heavy atom. The molecule has 2 aliphatic rings. The van der Waals surface area contributed by atoms with E-state index in [1.54, 1.807) is 36.4 Å². The molecule has 3 aromatic carbocycles. The van der Waals surface area contributed by atoms with Gasteiger partial charge in [-0.05, 0) is 53.9 Å². The zero-order valence-electron chi connectivity index (χ0n) is 18.0. The van der Waals surface area contributed by atoms with Gasteiger partial charge in [0, 0.05) is 23.6 Å². The number of ether oxygens (including phenoxy) is 1. The fourth-order valence-electron chi connectivity index (χ4n) is 4.54. The average Bonchev–Trinajstić information content (AvgIpc) is 3.31. The molecule has 0 aliphatic carbocycles. The number of hydrogen-bond acceptors (Lipinski definition) is 4. The lowest BCUT2D eigenvalue weighted by molar-refractivity contribution is -0.140. The number of rotatable bonds is 4. The van der Waals surface area contributed by atoms with Crippen molar-refractivity contribution in [2.75, 3.05) is 0 Å². The van der Waals surface area contributed by atoms with Crippen LogP contribution in [0.4, 0.5) is 0 Å². The number of aliphatic hydroxyl groups is 1. The second kappa shape index (κ2) is 8.41. The van der Waals surface area contributed by atoms with Crippen molar-refractivity contribution in [3.8, 4) is 5.75 Å². The third kappa shape index (κ3) is 3.89. The van der Waals surface area contributed by atoms with Crippen molar-refractivity contribution < 1.29 is 19.4 Å². The Bertz CT molecular complexity index is 1270. The Hall–Kier alpha value is -3.57. The maximum Gasteiger partial charge on any atom is 0.295 e. The minimum atomic E-state index is -0.731. The summed E-state index contributed by atoms with van der Waals surface area (Å²) < 4.78 is 5.75. The number of carbonyl (C=O) groups excluding carboxylic acids is 2. The first-order chi connectivity index (χ1) is 15.9. The zero-order valence-corrected chi connectivity index (χ0v) is 18.8. The van der Waals surface area contributed by atoms with Gasteiger partial charge in [0.1, 0.15) is 17.6 Å². The summed E-state index contributed by atoms with van der Waals surface area (Å²) in [6.07, 6.45) is 0.780. The summed E-state index contributed by atoms with van der Waals surface area (Å²) in [7, 11) is 0. The van der Waals surface area contributed by atoms with Crippen LogP contribution in [0.2, 0.25) is 5.02 Å². The molecule has 0 bridgehead atoms. The Labute approximate surface area is 196 Å². The molecule has 1 fully saturated rings. The number of Topliss-reactive ketones (excluding diaryl/α,β-unsaturated/α-hetero) is 1. The number of benzene rings is 3. The summed E-state index contributed by atoms with van der Waals surface area (Å²) in [6.45, 7) is 2.22. The van der Waals surface area contributed by atoms with E-state index in [4.69, 9.17) is 16.3 Å². The zero-order chi connectivity index (χ0) is 23.1. The van der Waals surface area contributed by atoms with Gasteiger partial charge in [-0.25, -0.2) is 0 Å². The van der Waals surface area contributed by atoms with Crippen molar-refractivity contribution >= 4 is 29.1 Å². The molecular formula is C27H22ClNO4. The Balaban J connectivity index is 1.62. The van der Waals surface area contributed by atoms with E-state index < -0.39 is 17.7 Å². The predicted octanol–water partition coefficient (Wildman–Crippen LogP) is 5.29. The number of halogens is 1. The molecule has 0 spiro atoms. The molecule has 2 atom stereocenters. The maximum atomic E-state index is 13.2. The molecule has 1 N–H and O–H groups in total. The lowest BCUT2D eigenvalue weighted by Gasteiger charge is -2.25. The second-order valence-corrected chi connectivity index (χ2v) is 8.86. The van der Waals surface area contributed by atoms with Crippen LogP contribution in [0.15, 0.2) is 78.4 Å². The van der Waals surface area contributed by atoms with E-state index >= 15 is 0 Å². The highest BCUT2D eigenvalue weighted by Gasteiger charge is 2.46. The van der Waals surface area contributed by atoms with Crippen LogP contribution >= 0.6 is 11.6 Å². The first-order valence-corrected chi connectivity index (χ1v) is 11.2. The van der Waals surface area contributed by atoms with E-state index in [2.05, 4.69) is 0 Å². The maximum absolute atomic E-state index is 13.2. The molecule has 166 valence electrons. The molecule has 0 radical (unpaired) electrons. The van der Waals surface area contributed by atoms with E-state index in [1.165, 1.54) is 4.90 Å². The molecule has 1 amide bonds. The molecule has 0 saturated carbocycles. The van der Waals surface area contributed by atoms with Crippen molar-refractivity contribution in [1.82, 2.24) is 4.90 Å². The molecular weight excluding hydrogens is 438 g/mol. The first kappa shape index (κ1) is 21.3. The van der Waals surface area contributed by atoms with Gasteiger partial charge in [-0.1, -0.05) is 54.1 Å². The number of nitrogens with zero attached hydrogens (tertiary/aromatic N) is 1. The van der Waals surface area contributed by atoms with E-state index in [0.29, 0.717) is 16.1 Å². The van der Waals surface area contributed by atoms with Gasteiger partial charge < -0.3 is 14.7 Å². The van der Waals surface area contributed by atoms with Gasteiger partial charge in [-0.3, -0.25) is 9.59 Å². The summed E-state index contributed by atoms with van der Waals surface area (Å²) in [5.41, 5.74) is 3.12. The number of aliphatic hydroxyl groups excluding tert-OH is 1. The molecule has 6 heteroatoms. The molecule has 3 aromatic rings. The number of likely N-dealkylation sites (tertiary alicyclic amines) is 1. The normalized spacial score (nSPS) is 21.2. The Morgan fingerprint density at radius 3 is 2.52 bits per heavy atom. The summed E-state index contributed by atoms with van der Waals surface area (Å²) >= 11 is 6.08. The highest BCUT2D eigenvalue weighted by molar-refractivity contribution is 6.46. The van der Waals surface area contributed by atoms with Gasteiger partial charge in [0.2, 0.25) is 0 Å². The molecule has 1 saturated heterocycles. The minimum Gasteiger partial charge on any atom is -0.507 e. The summed E-state index contributed by atoms with van der Waals surface area (Å²) in [5.74, 6) is -0.754. The summed E-state index contributed by atoms with van der Waals surface area (Å²) in [4.78, 5) is 27.8. The highest BCUT2D eigenvalue weighted by Crippen LogP contribution is 2.41. The van der Waals surface area contributed by atoms with Gasteiger partial charge in [0.15, 0.2) is 0 Å². The quantitative estimate of drug-likeness (QED) is 0.327. The standard InChI is InChI=1S/C27H22ClNO4/c1-16-13-20-14-19(9-12-22(20)33-16)25(30)23-24(18-7-10-21(28)11-8-18)29(27(32)26(23)31)15-17-5-3-2-4-6-17/h2-12,14,16,24,30H,13,15H2,1H3/b25-23+. The molecule has 2 heterocycles. The van der Waals surface area contributed by atoms with Crippen LogP contribution in [0.25, 0.3) is 5.76 Å². The number of carbonyl (C=O) groups is 2. The molecule has 2 unspecified atom stereocenters. The smallest absolute Gasteiger partial charge is 0.295 e. The third-order valence-electron chi connectivity index (χ3n) is 6.09. The largest absolute Gasteiger partial charge is 0.507 e. The highest BCUT2D eigenvalue weighted by atomic mass is 35.5. The molecule has 33 heavy (non-hydrogen) atoms. The Kier molecular flexibility index (Phi) is 5.43. The lowest BCUT2D eigenvalue weighted by atomic mass is 9.94. The molecule has 5 nitrogen and oxygen atoms in total. The minimum absolute atomic E-state index is 0.0583. The fraction of sp³-hybridized carbons (Fsp3) is 0.185. The van der Waals surface area contributed by atoms with Crippen LogP contribution in [0.3, 0.4) is 0 Å². The van der Waals surface area contributed by atoms with E-state index in [1.807, 2.05) is 43.3 Å². The van der Waals surface area contributed by atoms with Crippen LogP contribution in [-0.4, -0.2) is 27.8 Å². The van der Waals surface area contributed by atoms with E-state index in [-0.39, 0.29) is 24.0 Å². The number of amides is 1. The SMILES string of the molecule is CC1Cc2cc(/C(O)=C3\C(=O)C(=O)N(Cc4ccccc4)C3c3ccc(Cl)cc3)ccc2O1. The topological polar surface area (TPSA) is 66.8 Å². The first-order valence-electron chi connectivity index (χ1n) is 10.8. The predicted molar refractivity (Wildman–Crippen MR) is 126 cm³/mol. The molecule has 2 aliphatic heterocycles. The van der Waals surface area contributed by atoms with Crippen LogP contribution in [0, 0.1) is 0 Å². The fourth-order valence-corrected chi connectivity index (χ4v) is 4.67. The van der Waals surface area contributed by atoms with Gasteiger partial charge in [0.25, 0.3) is 11.7 Å². The van der Waals surface area contributed by atoms with Crippen LogP contribution in [0.1, 0.15) is 35.2 Å². The van der Waals surface area contributed by atoms with Crippen LogP contribution in [-0.2, 0) is 22.6 Å². The second-order valence-electron chi connectivity index (χ2n) is 8.42. The van der Waals surface area contributed by atoms with Crippen molar-refractivity contribution in [1.29, 1.82) is 0 Å². The Morgan fingerprint density at radius 1 is 1.06 bits per heavy atom. The number of hydrogen-bond donors (Lipinski definition) is 1. The number of ketones is 1. The van der Waals surface area contributed by atoms with E-state index in [0.717, 1.165) is 23.3 Å². The molecule has 5 rings (SSSR count). The monoisotopic (exact) mass is 459 g/mol.